The van der Waals surface area contributed by atoms with E-state index in [2.05, 4.69) is 0 Å². The van der Waals surface area contributed by atoms with Crippen LogP contribution in [0.2, 0.25) is 0 Å². The second-order valence-corrected chi connectivity index (χ2v) is 4.10. The number of likely N-dealkylation sites (tertiary alicyclic amines) is 1. The Morgan fingerprint density at radius 2 is 1.83 bits per heavy atom. The lowest BCUT2D eigenvalue weighted by Crippen LogP contribution is -2.45. The van der Waals surface area contributed by atoms with Crippen LogP contribution in [-0.4, -0.2) is 23.9 Å². The van der Waals surface area contributed by atoms with Crippen LogP contribution in [0.25, 0.3) is 0 Å². The molecule has 1 aliphatic carbocycles. The number of hydrogen-bond donors (Lipinski definition) is 0. The molecular formula is C10H17NO. The summed E-state index contributed by atoms with van der Waals surface area (Å²) in [6, 6.07) is 0.602. The SMILES string of the molecule is O=CN1CCC[C@@H]2CCCC[C@@H]21. The van der Waals surface area contributed by atoms with Crippen LogP contribution in [-0.2, 0) is 4.79 Å². The number of carbonyl (C=O) groups is 1. The summed E-state index contributed by atoms with van der Waals surface area (Å²) < 4.78 is 0. The van der Waals surface area contributed by atoms with E-state index in [1.165, 1.54) is 38.5 Å². The predicted octanol–water partition coefficient (Wildman–Crippen LogP) is 1.80. The topological polar surface area (TPSA) is 20.3 Å². The lowest BCUT2D eigenvalue weighted by Gasteiger charge is -2.42. The maximum atomic E-state index is 10.7. The molecule has 0 radical (unpaired) electrons. The highest BCUT2D eigenvalue weighted by Gasteiger charge is 2.32. The number of carbonyl (C=O) groups excluding carboxylic acids is 1. The lowest BCUT2D eigenvalue weighted by molar-refractivity contribution is -0.123. The van der Waals surface area contributed by atoms with Crippen LogP contribution >= 0.6 is 0 Å². The van der Waals surface area contributed by atoms with Gasteiger partial charge in [0.1, 0.15) is 0 Å². The van der Waals surface area contributed by atoms with Crippen LogP contribution in [0, 0.1) is 5.92 Å². The molecule has 2 fully saturated rings. The molecule has 0 aromatic carbocycles. The average molecular weight is 167 g/mol. The van der Waals surface area contributed by atoms with E-state index in [0.29, 0.717) is 6.04 Å². The van der Waals surface area contributed by atoms with Crippen molar-refractivity contribution in [2.45, 2.75) is 44.6 Å². The lowest BCUT2D eigenvalue weighted by atomic mass is 9.78. The highest BCUT2D eigenvalue weighted by atomic mass is 16.1. The Morgan fingerprint density at radius 1 is 1.08 bits per heavy atom. The number of fused-ring (bicyclic) bond motifs is 1. The normalized spacial score (nSPS) is 35.8. The fraction of sp³-hybridized carbons (Fsp3) is 0.900. The fourth-order valence-corrected chi connectivity index (χ4v) is 2.79. The Labute approximate surface area is 73.9 Å². The highest BCUT2D eigenvalue weighted by Crippen LogP contribution is 2.34. The Bertz CT molecular complexity index is 167. The molecular weight excluding hydrogens is 150 g/mol. The van der Waals surface area contributed by atoms with E-state index in [1.807, 2.05) is 4.90 Å². The van der Waals surface area contributed by atoms with Gasteiger partial charge >= 0.3 is 0 Å². The quantitative estimate of drug-likeness (QED) is 0.545. The van der Waals surface area contributed by atoms with Crippen molar-refractivity contribution >= 4 is 6.41 Å². The van der Waals surface area contributed by atoms with E-state index in [0.717, 1.165) is 18.9 Å². The molecule has 1 saturated heterocycles. The Morgan fingerprint density at radius 3 is 2.67 bits per heavy atom. The number of piperidine rings is 1. The van der Waals surface area contributed by atoms with Crippen molar-refractivity contribution in [1.29, 1.82) is 0 Å². The van der Waals surface area contributed by atoms with E-state index in [9.17, 15) is 4.79 Å². The van der Waals surface area contributed by atoms with Crippen LogP contribution in [0.1, 0.15) is 38.5 Å². The molecule has 12 heavy (non-hydrogen) atoms. The molecule has 0 aromatic rings. The molecule has 2 nitrogen and oxygen atoms in total. The van der Waals surface area contributed by atoms with Crippen LogP contribution in [0.4, 0.5) is 0 Å². The Kier molecular flexibility index (Phi) is 2.33. The molecule has 2 rings (SSSR count). The maximum absolute atomic E-state index is 10.7. The van der Waals surface area contributed by atoms with E-state index >= 15 is 0 Å². The molecule has 0 bridgehead atoms. The molecule has 2 atom stereocenters. The minimum Gasteiger partial charge on any atom is -0.342 e. The van der Waals surface area contributed by atoms with Gasteiger partial charge < -0.3 is 4.90 Å². The Hall–Kier alpha value is -0.530. The van der Waals surface area contributed by atoms with Gasteiger partial charge in [-0.1, -0.05) is 12.8 Å². The highest BCUT2D eigenvalue weighted by molar-refractivity contribution is 5.48. The fourth-order valence-electron chi connectivity index (χ4n) is 2.79. The van der Waals surface area contributed by atoms with Gasteiger partial charge in [-0.15, -0.1) is 0 Å². The van der Waals surface area contributed by atoms with E-state index in [4.69, 9.17) is 0 Å². The summed E-state index contributed by atoms with van der Waals surface area (Å²) >= 11 is 0. The van der Waals surface area contributed by atoms with Crippen molar-refractivity contribution in [1.82, 2.24) is 4.90 Å². The van der Waals surface area contributed by atoms with Crippen LogP contribution in [0.5, 0.6) is 0 Å². The predicted molar refractivity (Wildman–Crippen MR) is 47.8 cm³/mol. The minimum absolute atomic E-state index is 0.602. The van der Waals surface area contributed by atoms with Gasteiger partial charge in [0.2, 0.25) is 6.41 Å². The van der Waals surface area contributed by atoms with Gasteiger partial charge in [-0.3, -0.25) is 4.79 Å². The number of hydrogen-bond acceptors (Lipinski definition) is 1. The zero-order valence-corrected chi connectivity index (χ0v) is 7.54. The second kappa shape index (κ2) is 3.46. The van der Waals surface area contributed by atoms with Gasteiger partial charge in [0.25, 0.3) is 0 Å². The Balaban J connectivity index is 2.03. The first-order chi connectivity index (χ1) is 5.92. The van der Waals surface area contributed by atoms with Gasteiger partial charge in [0, 0.05) is 12.6 Å². The summed E-state index contributed by atoms with van der Waals surface area (Å²) in [7, 11) is 0. The summed E-state index contributed by atoms with van der Waals surface area (Å²) in [6.45, 7) is 1.00. The maximum Gasteiger partial charge on any atom is 0.209 e. The van der Waals surface area contributed by atoms with Crippen molar-refractivity contribution in [2.24, 2.45) is 5.92 Å². The van der Waals surface area contributed by atoms with Crippen LogP contribution in [0.15, 0.2) is 0 Å². The summed E-state index contributed by atoms with van der Waals surface area (Å²) in [4.78, 5) is 12.8. The number of amides is 1. The van der Waals surface area contributed by atoms with Gasteiger partial charge in [-0.25, -0.2) is 0 Å². The van der Waals surface area contributed by atoms with Crippen molar-refractivity contribution in [2.75, 3.05) is 6.54 Å². The van der Waals surface area contributed by atoms with Crippen molar-refractivity contribution < 1.29 is 4.79 Å². The van der Waals surface area contributed by atoms with Crippen LogP contribution in [0.3, 0.4) is 0 Å². The first kappa shape index (κ1) is 8.09. The first-order valence-electron chi connectivity index (χ1n) is 5.13. The summed E-state index contributed by atoms with van der Waals surface area (Å²) in [5, 5.41) is 0. The van der Waals surface area contributed by atoms with E-state index in [1.54, 1.807) is 0 Å². The van der Waals surface area contributed by atoms with Gasteiger partial charge in [-0.2, -0.15) is 0 Å². The first-order valence-corrected chi connectivity index (χ1v) is 5.13. The molecule has 2 aliphatic rings. The standard InChI is InChI=1S/C10H17NO/c12-8-11-7-3-5-9-4-1-2-6-10(9)11/h8-10H,1-7H2/t9-,10-/m0/s1. The molecule has 1 aliphatic heterocycles. The third-order valence-corrected chi connectivity index (χ3v) is 3.42. The zero-order valence-electron chi connectivity index (χ0n) is 7.54. The monoisotopic (exact) mass is 167 g/mol. The molecule has 2 heteroatoms. The van der Waals surface area contributed by atoms with Gasteiger partial charge in [0.05, 0.1) is 0 Å². The third kappa shape index (κ3) is 1.35. The average Bonchev–Trinajstić information content (AvgIpc) is 2.17. The van der Waals surface area contributed by atoms with Crippen molar-refractivity contribution in [3.8, 4) is 0 Å². The zero-order chi connectivity index (χ0) is 8.39. The molecule has 0 spiro atoms. The second-order valence-electron chi connectivity index (χ2n) is 4.10. The van der Waals surface area contributed by atoms with Crippen molar-refractivity contribution in [3.63, 3.8) is 0 Å². The molecule has 1 amide bonds. The molecule has 68 valence electrons. The number of rotatable bonds is 1. The molecule has 0 aromatic heterocycles. The smallest absolute Gasteiger partial charge is 0.209 e. The summed E-state index contributed by atoms with van der Waals surface area (Å²) in [5.41, 5.74) is 0. The van der Waals surface area contributed by atoms with E-state index in [-0.39, 0.29) is 0 Å². The van der Waals surface area contributed by atoms with Crippen LogP contribution < -0.4 is 0 Å². The summed E-state index contributed by atoms with van der Waals surface area (Å²) in [6.07, 6.45) is 8.95. The molecule has 1 saturated carbocycles. The van der Waals surface area contributed by atoms with Crippen molar-refractivity contribution in [3.05, 3.63) is 0 Å². The third-order valence-electron chi connectivity index (χ3n) is 3.42. The van der Waals surface area contributed by atoms with E-state index < -0.39 is 0 Å². The number of nitrogens with zero attached hydrogens (tertiary/aromatic N) is 1. The summed E-state index contributed by atoms with van der Waals surface area (Å²) in [5.74, 6) is 0.831. The largest absolute Gasteiger partial charge is 0.342 e. The minimum atomic E-state index is 0.602. The van der Waals surface area contributed by atoms with Gasteiger partial charge in [-0.05, 0) is 31.6 Å². The molecule has 0 unspecified atom stereocenters. The molecule has 1 heterocycles. The van der Waals surface area contributed by atoms with Gasteiger partial charge in [0.15, 0.2) is 0 Å². The molecule has 0 N–H and O–H groups in total.